The topological polar surface area (TPSA) is 34.1 Å². The van der Waals surface area contributed by atoms with Gasteiger partial charge in [0.2, 0.25) is 0 Å². The Bertz CT molecular complexity index is 541. The van der Waals surface area contributed by atoms with E-state index in [1.54, 1.807) is 7.11 Å². The van der Waals surface area contributed by atoms with Crippen molar-refractivity contribution in [2.24, 2.45) is 0 Å². The average molecular weight is 272 g/mol. The number of nitrogens with zero attached hydrogens (tertiary/aromatic N) is 1. The van der Waals surface area contributed by atoms with Crippen LogP contribution in [0.4, 0.5) is 0 Å². The van der Waals surface area contributed by atoms with Gasteiger partial charge in [-0.2, -0.15) is 0 Å². The minimum Gasteiger partial charge on any atom is -0.380 e. The summed E-state index contributed by atoms with van der Waals surface area (Å²) in [7, 11) is 3.78. The second-order valence-electron chi connectivity index (χ2n) is 5.16. The molecule has 20 heavy (non-hydrogen) atoms. The number of hydrogen-bond acceptors (Lipinski definition) is 3. The Morgan fingerprint density at radius 1 is 1.20 bits per heavy atom. The van der Waals surface area contributed by atoms with Crippen LogP contribution in [0.1, 0.15) is 25.5 Å². The van der Waals surface area contributed by atoms with Crippen molar-refractivity contribution < 1.29 is 4.74 Å². The van der Waals surface area contributed by atoms with Crippen LogP contribution in [0.5, 0.6) is 0 Å². The molecule has 1 aromatic carbocycles. The Kier molecular flexibility index (Phi) is 5.50. The van der Waals surface area contributed by atoms with Crippen molar-refractivity contribution in [2.45, 2.75) is 38.3 Å². The van der Waals surface area contributed by atoms with Crippen LogP contribution >= 0.6 is 0 Å². The fourth-order valence-electron chi connectivity index (χ4n) is 2.63. The molecule has 0 bridgehead atoms. The quantitative estimate of drug-likeness (QED) is 0.840. The Balaban J connectivity index is 2.16. The molecule has 1 heterocycles. The van der Waals surface area contributed by atoms with Gasteiger partial charge in [0.1, 0.15) is 0 Å². The molecule has 2 rings (SSSR count). The van der Waals surface area contributed by atoms with Crippen LogP contribution in [-0.4, -0.2) is 31.3 Å². The van der Waals surface area contributed by atoms with Crippen molar-refractivity contribution >= 4 is 10.9 Å². The van der Waals surface area contributed by atoms with Gasteiger partial charge in [-0.1, -0.05) is 37.6 Å². The van der Waals surface area contributed by atoms with Gasteiger partial charge in [-0.15, -0.1) is 0 Å². The van der Waals surface area contributed by atoms with Gasteiger partial charge in [0.15, 0.2) is 0 Å². The standard InChI is InChI=1S/C17H24N2O/c1-4-7-17(20-3)16(18-2)12-14-11-10-13-8-5-6-9-15(13)19-14/h5-6,8-11,16-18H,4,7,12H2,1-3H3. The monoisotopic (exact) mass is 272 g/mol. The molecule has 1 aromatic heterocycles. The minimum atomic E-state index is 0.235. The summed E-state index contributed by atoms with van der Waals surface area (Å²) < 4.78 is 5.61. The molecule has 108 valence electrons. The lowest BCUT2D eigenvalue weighted by Crippen LogP contribution is -2.40. The van der Waals surface area contributed by atoms with E-state index in [2.05, 4.69) is 36.5 Å². The Morgan fingerprint density at radius 3 is 2.70 bits per heavy atom. The summed E-state index contributed by atoms with van der Waals surface area (Å²) >= 11 is 0. The molecule has 0 saturated carbocycles. The number of likely N-dealkylation sites (N-methyl/N-ethyl adjacent to an activating group) is 1. The van der Waals surface area contributed by atoms with Gasteiger partial charge in [-0.3, -0.25) is 4.98 Å². The van der Waals surface area contributed by atoms with Crippen molar-refractivity contribution in [3.05, 3.63) is 42.1 Å². The van der Waals surface area contributed by atoms with Crippen molar-refractivity contribution in [1.29, 1.82) is 0 Å². The largest absolute Gasteiger partial charge is 0.380 e. The first-order valence-corrected chi connectivity index (χ1v) is 7.33. The summed E-state index contributed by atoms with van der Waals surface area (Å²) in [4.78, 5) is 4.74. The van der Waals surface area contributed by atoms with Crippen LogP contribution in [0.15, 0.2) is 36.4 Å². The molecule has 3 nitrogen and oxygen atoms in total. The lowest BCUT2D eigenvalue weighted by Gasteiger charge is -2.25. The molecular weight excluding hydrogens is 248 g/mol. The molecule has 0 aliphatic carbocycles. The molecule has 2 aromatic rings. The number of ether oxygens (including phenoxy) is 1. The van der Waals surface area contributed by atoms with Gasteiger partial charge in [0, 0.05) is 30.7 Å². The molecule has 0 saturated heterocycles. The summed E-state index contributed by atoms with van der Waals surface area (Å²) in [5.41, 5.74) is 2.17. The Labute approximate surface area is 121 Å². The predicted molar refractivity (Wildman–Crippen MR) is 84.0 cm³/mol. The highest BCUT2D eigenvalue weighted by Crippen LogP contribution is 2.15. The molecule has 2 unspecified atom stereocenters. The number of aromatic nitrogens is 1. The molecule has 3 heteroatoms. The molecule has 0 amide bonds. The molecule has 1 N–H and O–H groups in total. The summed E-state index contributed by atoms with van der Waals surface area (Å²) in [6.07, 6.45) is 3.32. The second-order valence-corrected chi connectivity index (χ2v) is 5.16. The van der Waals surface area contributed by atoms with Crippen LogP contribution in [-0.2, 0) is 11.2 Å². The number of para-hydroxylation sites is 1. The highest BCUT2D eigenvalue weighted by molar-refractivity contribution is 5.78. The van der Waals surface area contributed by atoms with E-state index in [9.17, 15) is 0 Å². The first-order chi connectivity index (χ1) is 9.78. The zero-order chi connectivity index (χ0) is 14.4. The van der Waals surface area contributed by atoms with Crippen molar-refractivity contribution in [1.82, 2.24) is 10.3 Å². The van der Waals surface area contributed by atoms with Crippen LogP contribution in [0.25, 0.3) is 10.9 Å². The first-order valence-electron chi connectivity index (χ1n) is 7.33. The van der Waals surface area contributed by atoms with Crippen molar-refractivity contribution in [3.8, 4) is 0 Å². The van der Waals surface area contributed by atoms with Gasteiger partial charge in [-0.25, -0.2) is 0 Å². The normalized spacial score (nSPS) is 14.3. The number of fused-ring (bicyclic) bond motifs is 1. The highest BCUT2D eigenvalue weighted by atomic mass is 16.5. The zero-order valence-corrected chi connectivity index (χ0v) is 12.6. The maximum atomic E-state index is 5.61. The Morgan fingerprint density at radius 2 is 2.00 bits per heavy atom. The zero-order valence-electron chi connectivity index (χ0n) is 12.6. The van der Waals surface area contributed by atoms with E-state index >= 15 is 0 Å². The maximum Gasteiger partial charge on any atom is 0.0727 e. The fraction of sp³-hybridized carbons (Fsp3) is 0.471. The van der Waals surface area contributed by atoms with Crippen LogP contribution < -0.4 is 5.32 Å². The number of benzene rings is 1. The van der Waals surface area contributed by atoms with Crippen LogP contribution in [0.3, 0.4) is 0 Å². The lowest BCUT2D eigenvalue weighted by molar-refractivity contribution is 0.0630. The van der Waals surface area contributed by atoms with E-state index < -0.39 is 0 Å². The van der Waals surface area contributed by atoms with Gasteiger partial charge in [-0.05, 0) is 25.6 Å². The number of methoxy groups -OCH3 is 1. The summed E-state index contributed by atoms with van der Waals surface area (Å²) in [6.45, 7) is 2.19. The molecule has 0 aliphatic heterocycles. The first kappa shape index (κ1) is 14.9. The number of nitrogens with one attached hydrogen (secondary N) is 1. The molecular formula is C17H24N2O. The third kappa shape index (κ3) is 3.56. The average Bonchev–Trinajstić information content (AvgIpc) is 2.50. The number of rotatable bonds is 7. The highest BCUT2D eigenvalue weighted by Gasteiger charge is 2.19. The van der Waals surface area contributed by atoms with E-state index in [1.165, 1.54) is 5.39 Å². The van der Waals surface area contributed by atoms with Gasteiger partial charge in [0.05, 0.1) is 11.6 Å². The lowest BCUT2D eigenvalue weighted by atomic mass is 10.0. The molecule has 0 spiro atoms. The predicted octanol–water partition coefficient (Wildman–Crippen LogP) is 3.18. The van der Waals surface area contributed by atoms with E-state index in [0.29, 0.717) is 6.04 Å². The summed E-state index contributed by atoms with van der Waals surface area (Å²) in [5.74, 6) is 0. The van der Waals surface area contributed by atoms with Gasteiger partial charge in [0.25, 0.3) is 0 Å². The molecule has 0 fully saturated rings. The Hall–Kier alpha value is -1.45. The molecule has 0 aliphatic rings. The van der Waals surface area contributed by atoms with E-state index in [-0.39, 0.29) is 6.10 Å². The van der Waals surface area contributed by atoms with E-state index in [0.717, 1.165) is 30.5 Å². The third-order valence-electron chi connectivity index (χ3n) is 3.78. The summed E-state index contributed by atoms with van der Waals surface area (Å²) in [6, 6.07) is 12.8. The van der Waals surface area contributed by atoms with E-state index in [4.69, 9.17) is 9.72 Å². The smallest absolute Gasteiger partial charge is 0.0727 e. The summed E-state index contributed by atoms with van der Waals surface area (Å²) in [5, 5.41) is 4.56. The fourth-order valence-corrected chi connectivity index (χ4v) is 2.63. The van der Waals surface area contributed by atoms with Crippen molar-refractivity contribution in [3.63, 3.8) is 0 Å². The van der Waals surface area contributed by atoms with Crippen LogP contribution in [0.2, 0.25) is 0 Å². The second kappa shape index (κ2) is 7.36. The van der Waals surface area contributed by atoms with Crippen LogP contribution in [0, 0.1) is 0 Å². The van der Waals surface area contributed by atoms with Gasteiger partial charge >= 0.3 is 0 Å². The van der Waals surface area contributed by atoms with Crippen molar-refractivity contribution in [2.75, 3.05) is 14.2 Å². The molecule has 2 atom stereocenters. The minimum absolute atomic E-state index is 0.235. The SMILES string of the molecule is CCCC(OC)C(Cc1ccc2ccccc2n1)NC. The van der Waals surface area contributed by atoms with E-state index in [1.807, 2.05) is 19.2 Å². The number of hydrogen-bond donors (Lipinski definition) is 1. The maximum absolute atomic E-state index is 5.61. The molecule has 0 radical (unpaired) electrons. The van der Waals surface area contributed by atoms with Gasteiger partial charge < -0.3 is 10.1 Å². The number of pyridine rings is 1. The third-order valence-corrected chi connectivity index (χ3v) is 3.78.